The van der Waals surface area contributed by atoms with Crippen molar-refractivity contribution in [2.24, 2.45) is 11.8 Å². The Morgan fingerprint density at radius 3 is 1.39 bits per heavy atom. The highest BCUT2D eigenvalue weighted by Crippen LogP contribution is 2.31. The number of nitrogens with one attached hydrogen (secondary N) is 2. The second-order valence-electron chi connectivity index (χ2n) is 17.5. The second-order valence-corrected chi connectivity index (χ2v) is 17.5. The highest BCUT2D eigenvalue weighted by molar-refractivity contribution is 5.99. The first-order chi connectivity index (χ1) is 32.2. The van der Waals surface area contributed by atoms with Crippen molar-refractivity contribution in [3.05, 3.63) is 129 Å². The zero-order valence-electron chi connectivity index (χ0n) is 38.5. The lowest BCUT2D eigenvalue weighted by Crippen LogP contribution is -2.29. The minimum absolute atomic E-state index is 0.207. The Bertz CT molecular complexity index is 2910. The number of benzene rings is 4. The molecule has 2 atom stereocenters. The van der Waals surface area contributed by atoms with Crippen LogP contribution in [0.15, 0.2) is 115 Å². The number of aryl methyl sites for hydroxylation is 2. The van der Waals surface area contributed by atoms with Crippen molar-refractivity contribution >= 4 is 55.4 Å². The zero-order valence-corrected chi connectivity index (χ0v) is 38.5. The Morgan fingerprint density at radius 2 is 0.985 bits per heavy atom. The lowest BCUT2D eigenvalue weighted by atomic mass is 9.99. The number of hydrogen-bond donors (Lipinski definition) is 2. The van der Waals surface area contributed by atoms with Gasteiger partial charge in [0.15, 0.2) is 0 Å². The maximum absolute atomic E-state index is 13.6. The van der Waals surface area contributed by atoms with E-state index in [1.54, 1.807) is 36.4 Å². The Morgan fingerprint density at radius 1 is 0.561 bits per heavy atom. The highest BCUT2D eigenvalue weighted by atomic mass is 16.4. The van der Waals surface area contributed by atoms with Crippen LogP contribution in [0.5, 0.6) is 0 Å². The third-order valence-corrected chi connectivity index (χ3v) is 13.0. The zero-order chi connectivity index (χ0) is 46.2. The van der Waals surface area contributed by atoms with E-state index in [0.717, 1.165) is 86.0 Å². The van der Waals surface area contributed by atoms with E-state index < -0.39 is 11.3 Å². The van der Waals surface area contributed by atoms with E-state index in [1.165, 1.54) is 0 Å². The molecule has 0 aliphatic rings. The van der Waals surface area contributed by atoms with Gasteiger partial charge in [-0.15, -0.1) is 0 Å². The fourth-order valence-electron chi connectivity index (χ4n) is 9.01. The van der Waals surface area contributed by atoms with Crippen LogP contribution in [0.2, 0.25) is 0 Å². The van der Waals surface area contributed by atoms with Gasteiger partial charge in [-0.1, -0.05) is 103 Å². The summed E-state index contributed by atoms with van der Waals surface area (Å²) >= 11 is 0. The van der Waals surface area contributed by atoms with Crippen LogP contribution >= 0.6 is 0 Å². The summed E-state index contributed by atoms with van der Waals surface area (Å²) in [6.45, 7) is 11.0. The Labute approximate surface area is 384 Å². The number of carbonyl (C=O) groups is 2. The van der Waals surface area contributed by atoms with E-state index in [9.17, 15) is 19.2 Å². The van der Waals surface area contributed by atoms with E-state index in [0.29, 0.717) is 71.6 Å². The molecule has 2 amide bonds. The predicted octanol–water partition coefficient (Wildman–Crippen LogP) is 11.3. The van der Waals surface area contributed by atoms with Crippen LogP contribution < -0.4 is 21.9 Å². The molecule has 0 spiro atoms. The highest BCUT2D eigenvalue weighted by Gasteiger charge is 2.21. The molecule has 2 unspecified atom stereocenters. The Hall–Kier alpha value is -6.82. The number of amides is 2. The summed E-state index contributed by atoms with van der Waals surface area (Å²) < 4.78 is 16.1. The average Bonchev–Trinajstić information content (AvgIpc) is 3.91. The molecule has 0 aliphatic heterocycles. The molecule has 8 aromatic rings. The van der Waals surface area contributed by atoms with Crippen LogP contribution in [-0.2, 0) is 13.1 Å². The average molecular weight is 889 g/mol. The van der Waals surface area contributed by atoms with Gasteiger partial charge >= 0.3 is 11.3 Å². The quantitative estimate of drug-likeness (QED) is 0.0676. The summed E-state index contributed by atoms with van der Waals surface area (Å²) in [5.41, 5.74) is 3.93. The number of nitrogens with zero attached hydrogens (tertiary/aromatic N) is 4. The van der Waals surface area contributed by atoms with E-state index in [2.05, 4.69) is 47.5 Å². The first kappa shape index (κ1) is 45.7. The van der Waals surface area contributed by atoms with Crippen LogP contribution in [0.4, 0.5) is 0 Å². The van der Waals surface area contributed by atoms with E-state index in [-0.39, 0.29) is 34.4 Å². The maximum Gasteiger partial charge on any atom is 0.347 e. The molecule has 0 aliphatic carbocycles. The SMILES string of the molecule is CCCCC(CC)CNC(=O)c1ccc2nc(-c3cc4ccccc4n3CCCCn3c(-c4nc5ccc(C(=O)NCC(CC)CCCC)cc5c(=O)o4)cc4ccccc43)oc(=O)c2c1. The van der Waals surface area contributed by atoms with Crippen LogP contribution in [-0.4, -0.2) is 44.0 Å². The molecule has 0 radical (unpaired) electrons. The standard InChI is InChI=1S/C54H60N6O6/c1-5-9-17-35(7-3)33-55-49(61)39-23-25-43-41(29-39)53(63)65-51(57-43)47-31-37-19-11-13-21-45(37)59(47)27-15-16-28-60-46-22-14-12-20-38(46)32-48(60)52-58-44-26-24-40(30-42(44)54(64)66-52)50(62)56-34-36(8-4)18-10-6-2/h11-14,19-26,29-32,35-36H,5-10,15-18,27-28,33-34H2,1-4H3,(H,55,61)(H,56,62). The van der Waals surface area contributed by atoms with Crippen molar-refractivity contribution in [2.75, 3.05) is 13.1 Å². The number of aromatic nitrogens is 4. The molecular formula is C54H60N6O6. The largest absolute Gasteiger partial charge is 0.401 e. The van der Waals surface area contributed by atoms with Crippen molar-refractivity contribution in [3.8, 4) is 23.2 Å². The summed E-state index contributed by atoms with van der Waals surface area (Å²) in [5, 5.41) is 8.59. The smallest absolute Gasteiger partial charge is 0.347 e. The third kappa shape index (κ3) is 10.0. The predicted molar refractivity (Wildman–Crippen MR) is 263 cm³/mol. The molecule has 8 rings (SSSR count). The first-order valence-electron chi connectivity index (χ1n) is 23.8. The van der Waals surface area contributed by atoms with Gasteiger partial charge in [-0.3, -0.25) is 9.59 Å². The molecule has 2 N–H and O–H groups in total. The first-order valence-corrected chi connectivity index (χ1v) is 23.8. The van der Waals surface area contributed by atoms with Crippen molar-refractivity contribution < 1.29 is 18.4 Å². The number of fused-ring (bicyclic) bond motifs is 4. The summed E-state index contributed by atoms with van der Waals surface area (Å²) in [7, 11) is 0. The molecule has 12 heteroatoms. The van der Waals surface area contributed by atoms with Crippen LogP contribution in [0.25, 0.3) is 66.8 Å². The van der Waals surface area contributed by atoms with Gasteiger partial charge in [-0.05, 0) is 98.2 Å². The summed E-state index contributed by atoms with van der Waals surface area (Å²) in [6, 6.07) is 30.1. The second kappa shape index (κ2) is 21.0. The van der Waals surface area contributed by atoms with Gasteiger partial charge in [0.2, 0.25) is 11.8 Å². The van der Waals surface area contributed by atoms with Crippen molar-refractivity contribution in [2.45, 2.75) is 105 Å². The van der Waals surface area contributed by atoms with E-state index in [4.69, 9.17) is 18.8 Å². The fourth-order valence-corrected chi connectivity index (χ4v) is 9.01. The Kier molecular flexibility index (Phi) is 14.6. The van der Waals surface area contributed by atoms with Gasteiger partial charge in [-0.2, -0.15) is 0 Å². The van der Waals surface area contributed by atoms with Crippen LogP contribution in [0.1, 0.15) is 113 Å². The molecular weight excluding hydrogens is 829 g/mol. The Balaban J connectivity index is 1.00. The maximum atomic E-state index is 13.6. The summed E-state index contributed by atoms with van der Waals surface area (Å²) in [4.78, 5) is 63.0. The van der Waals surface area contributed by atoms with Gasteiger partial charge in [0.1, 0.15) is 11.4 Å². The molecule has 4 heterocycles. The van der Waals surface area contributed by atoms with Crippen LogP contribution in [0, 0.1) is 11.8 Å². The van der Waals surface area contributed by atoms with Gasteiger partial charge in [0.05, 0.1) is 21.8 Å². The molecule has 342 valence electrons. The van der Waals surface area contributed by atoms with Gasteiger partial charge in [-0.25, -0.2) is 19.6 Å². The number of carbonyl (C=O) groups excluding carboxylic acids is 2. The molecule has 0 saturated heterocycles. The number of para-hydroxylation sites is 2. The normalized spacial score (nSPS) is 12.6. The minimum Gasteiger partial charge on any atom is -0.401 e. The number of unbranched alkanes of at least 4 members (excludes halogenated alkanes) is 3. The molecule has 0 saturated carbocycles. The molecule has 0 bridgehead atoms. The van der Waals surface area contributed by atoms with Crippen molar-refractivity contribution in [1.82, 2.24) is 29.7 Å². The fraction of sp³-hybridized carbons (Fsp3) is 0.370. The van der Waals surface area contributed by atoms with Gasteiger partial charge in [0.25, 0.3) is 11.8 Å². The number of rotatable bonds is 21. The van der Waals surface area contributed by atoms with Crippen molar-refractivity contribution in [1.29, 1.82) is 0 Å². The van der Waals surface area contributed by atoms with Crippen molar-refractivity contribution in [3.63, 3.8) is 0 Å². The minimum atomic E-state index is -0.555. The number of hydrogen-bond acceptors (Lipinski definition) is 8. The lowest BCUT2D eigenvalue weighted by Gasteiger charge is -2.15. The van der Waals surface area contributed by atoms with Gasteiger partial charge in [0, 0.05) is 59.1 Å². The molecule has 4 aromatic carbocycles. The topological polar surface area (TPSA) is 154 Å². The molecule has 4 aromatic heterocycles. The van der Waals surface area contributed by atoms with Gasteiger partial charge < -0.3 is 28.6 Å². The van der Waals surface area contributed by atoms with E-state index in [1.807, 2.05) is 60.7 Å². The molecule has 12 nitrogen and oxygen atoms in total. The third-order valence-electron chi connectivity index (χ3n) is 13.0. The molecule has 66 heavy (non-hydrogen) atoms. The van der Waals surface area contributed by atoms with Crippen LogP contribution in [0.3, 0.4) is 0 Å². The summed E-state index contributed by atoms with van der Waals surface area (Å²) in [6.07, 6.45) is 10.1. The summed E-state index contributed by atoms with van der Waals surface area (Å²) in [5.74, 6) is 0.800. The lowest BCUT2D eigenvalue weighted by molar-refractivity contribution is 0.0938. The monoisotopic (exact) mass is 888 g/mol. The molecule has 0 fully saturated rings. The van der Waals surface area contributed by atoms with E-state index >= 15 is 0 Å².